The number of carbonyl (C=O) groups excluding carboxylic acids is 1. The van der Waals surface area contributed by atoms with E-state index in [-0.39, 0.29) is 35.6 Å². The fraction of sp³-hybridized carbons (Fsp3) is 0.440. The fourth-order valence-corrected chi connectivity index (χ4v) is 5.64. The number of ether oxygens (including phenoxy) is 2. The standard InChI is InChI=1S/C25H26ClNO5/c1-25(2)18-13-19-21(31-22(18)17-12-16(26)8-9-20(17)32-25)7-4-10-27(19)23(28)14-5-3-6-15(11-14)24(29)30/h3,5-6,8-9,11-12,18-19,21-22H,4,7,10,13H2,1-2H3,(H,29,30)/t18-,19-,21-,22+/m1/s1. The summed E-state index contributed by atoms with van der Waals surface area (Å²) in [6, 6.07) is 11.8. The predicted octanol–water partition coefficient (Wildman–Crippen LogP) is 4.96. The number of hydrogen-bond donors (Lipinski definition) is 1. The molecule has 0 aromatic heterocycles. The highest BCUT2D eigenvalue weighted by atomic mass is 35.5. The van der Waals surface area contributed by atoms with Crippen molar-refractivity contribution in [3.05, 3.63) is 64.2 Å². The zero-order chi connectivity index (χ0) is 22.6. The van der Waals surface area contributed by atoms with Gasteiger partial charge >= 0.3 is 5.97 Å². The zero-order valence-electron chi connectivity index (χ0n) is 18.1. The van der Waals surface area contributed by atoms with E-state index in [0.29, 0.717) is 17.1 Å². The van der Waals surface area contributed by atoms with E-state index >= 15 is 0 Å². The van der Waals surface area contributed by atoms with Crippen LogP contribution in [0.25, 0.3) is 0 Å². The van der Waals surface area contributed by atoms with Crippen LogP contribution in [0.15, 0.2) is 42.5 Å². The van der Waals surface area contributed by atoms with Crippen LogP contribution in [-0.2, 0) is 4.74 Å². The van der Waals surface area contributed by atoms with E-state index in [1.54, 1.807) is 12.1 Å². The van der Waals surface area contributed by atoms with Crippen LogP contribution in [0.4, 0.5) is 0 Å². The Labute approximate surface area is 192 Å². The summed E-state index contributed by atoms with van der Waals surface area (Å²) < 4.78 is 13.0. The normalized spacial score (nSPS) is 28.0. The van der Waals surface area contributed by atoms with Crippen LogP contribution in [0, 0.1) is 5.92 Å². The molecule has 3 aliphatic rings. The molecule has 1 N–H and O–H groups in total. The molecule has 32 heavy (non-hydrogen) atoms. The number of likely N-dealkylation sites (tertiary alicyclic amines) is 1. The molecule has 6 nitrogen and oxygen atoms in total. The quantitative estimate of drug-likeness (QED) is 0.692. The van der Waals surface area contributed by atoms with Gasteiger partial charge in [-0.3, -0.25) is 4.79 Å². The number of aromatic carboxylic acids is 1. The Morgan fingerprint density at radius 1 is 1.16 bits per heavy atom. The Bertz CT molecular complexity index is 1080. The van der Waals surface area contributed by atoms with Crippen molar-refractivity contribution in [3.63, 3.8) is 0 Å². The van der Waals surface area contributed by atoms with E-state index in [0.717, 1.165) is 30.6 Å². The molecule has 0 unspecified atom stereocenters. The molecule has 0 saturated carbocycles. The lowest BCUT2D eigenvalue weighted by Gasteiger charge is -2.54. The monoisotopic (exact) mass is 455 g/mol. The number of nitrogens with zero attached hydrogens (tertiary/aromatic N) is 1. The van der Waals surface area contributed by atoms with E-state index in [9.17, 15) is 14.7 Å². The summed E-state index contributed by atoms with van der Waals surface area (Å²) >= 11 is 6.28. The number of benzene rings is 2. The van der Waals surface area contributed by atoms with Gasteiger partial charge < -0.3 is 19.5 Å². The molecule has 2 aromatic rings. The third-order valence-corrected chi connectivity index (χ3v) is 7.30. The summed E-state index contributed by atoms with van der Waals surface area (Å²) in [6.07, 6.45) is 2.24. The molecule has 1 amide bonds. The highest BCUT2D eigenvalue weighted by Crippen LogP contribution is 2.52. The Morgan fingerprint density at radius 2 is 1.94 bits per heavy atom. The first-order valence-electron chi connectivity index (χ1n) is 11.0. The van der Waals surface area contributed by atoms with Gasteiger partial charge in [0.15, 0.2) is 0 Å². The topological polar surface area (TPSA) is 76.1 Å². The maximum Gasteiger partial charge on any atom is 0.335 e. The molecule has 7 heteroatoms. The van der Waals surface area contributed by atoms with Gasteiger partial charge in [0.25, 0.3) is 5.91 Å². The minimum Gasteiger partial charge on any atom is -0.487 e. The molecule has 0 spiro atoms. The summed E-state index contributed by atoms with van der Waals surface area (Å²) in [7, 11) is 0. The number of halogens is 1. The Balaban J connectivity index is 1.46. The van der Waals surface area contributed by atoms with E-state index in [4.69, 9.17) is 21.1 Å². The van der Waals surface area contributed by atoms with Gasteiger partial charge in [0.2, 0.25) is 0 Å². The smallest absolute Gasteiger partial charge is 0.335 e. The highest BCUT2D eigenvalue weighted by molar-refractivity contribution is 6.30. The van der Waals surface area contributed by atoms with Crippen LogP contribution in [0.2, 0.25) is 5.02 Å². The lowest BCUT2D eigenvalue weighted by molar-refractivity contribution is -0.183. The fourth-order valence-electron chi connectivity index (χ4n) is 5.46. The van der Waals surface area contributed by atoms with E-state index in [1.165, 1.54) is 12.1 Å². The molecular formula is C25H26ClNO5. The van der Waals surface area contributed by atoms with Gasteiger partial charge in [0.1, 0.15) is 11.4 Å². The largest absolute Gasteiger partial charge is 0.487 e. The molecule has 3 heterocycles. The van der Waals surface area contributed by atoms with Gasteiger partial charge in [0, 0.05) is 28.6 Å². The number of amides is 1. The van der Waals surface area contributed by atoms with Gasteiger partial charge in [-0.2, -0.15) is 0 Å². The van der Waals surface area contributed by atoms with Gasteiger partial charge in [-0.25, -0.2) is 4.79 Å². The Kier molecular flexibility index (Phi) is 5.18. The molecule has 0 aliphatic carbocycles. The van der Waals surface area contributed by atoms with Crippen LogP contribution in [0.5, 0.6) is 5.75 Å². The third kappa shape index (κ3) is 3.55. The Hall–Kier alpha value is -2.57. The molecule has 0 radical (unpaired) electrons. The number of piperidine rings is 1. The van der Waals surface area contributed by atoms with Crippen molar-refractivity contribution in [1.29, 1.82) is 0 Å². The summed E-state index contributed by atoms with van der Waals surface area (Å²) in [6.45, 7) is 4.76. The average Bonchev–Trinajstić information content (AvgIpc) is 2.78. The minimum absolute atomic E-state index is 0.0495. The van der Waals surface area contributed by atoms with Crippen molar-refractivity contribution in [1.82, 2.24) is 4.90 Å². The van der Waals surface area contributed by atoms with Crippen molar-refractivity contribution >= 4 is 23.5 Å². The maximum atomic E-state index is 13.4. The first kappa shape index (κ1) is 21.3. The molecule has 2 saturated heterocycles. The van der Waals surface area contributed by atoms with Crippen LogP contribution in [0.1, 0.15) is 65.5 Å². The van der Waals surface area contributed by atoms with Crippen molar-refractivity contribution < 1.29 is 24.2 Å². The molecule has 2 fully saturated rings. The lowest BCUT2D eigenvalue weighted by Crippen LogP contribution is -2.60. The SMILES string of the molecule is CC1(C)Oc2ccc(Cl)cc2[C@@H]2O[C@@H]3CCCN(C(=O)c4cccc(C(=O)O)c4)[C@@H]3C[C@H]21. The second-order valence-corrected chi connectivity index (χ2v) is 9.86. The molecule has 5 rings (SSSR count). The van der Waals surface area contributed by atoms with Crippen molar-refractivity contribution in [2.75, 3.05) is 6.54 Å². The molecule has 2 aromatic carbocycles. The van der Waals surface area contributed by atoms with Crippen LogP contribution in [-0.4, -0.2) is 46.2 Å². The number of rotatable bonds is 2. The second-order valence-electron chi connectivity index (χ2n) is 9.42. The number of fused-ring (bicyclic) bond motifs is 4. The van der Waals surface area contributed by atoms with Crippen molar-refractivity contribution in [2.45, 2.75) is 57.0 Å². The highest BCUT2D eigenvalue weighted by Gasteiger charge is 2.52. The summed E-state index contributed by atoms with van der Waals surface area (Å²) in [4.78, 5) is 26.7. The van der Waals surface area contributed by atoms with Crippen LogP contribution < -0.4 is 4.74 Å². The van der Waals surface area contributed by atoms with E-state index < -0.39 is 11.6 Å². The molecule has 168 valence electrons. The number of hydrogen-bond acceptors (Lipinski definition) is 4. The van der Waals surface area contributed by atoms with Gasteiger partial charge in [-0.05, 0) is 69.5 Å². The number of carbonyl (C=O) groups is 2. The minimum atomic E-state index is -1.04. The summed E-state index contributed by atoms with van der Waals surface area (Å²) in [5.41, 5.74) is 1.01. The zero-order valence-corrected chi connectivity index (χ0v) is 18.8. The van der Waals surface area contributed by atoms with Crippen LogP contribution in [0.3, 0.4) is 0 Å². The number of carboxylic acid groups (broad SMARTS) is 1. The average molecular weight is 456 g/mol. The van der Waals surface area contributed by atoms with Crippen LogP contribution >= 0.6 is 11.6 Å². The molecular weight excluding hydrogens is 430 g/mol. The van der Waals surface area contributed by atoms with Crippen molar-refractivity contribution in [2.24, 2.45) is 5.92 Å². The first-order valence-corrected chi connectivity index (χ1v) is 11.4. The molecule has 3 aliphatic heterocycles. The summed E-state index contributed by atoms with van der Waals surface area (Å²) in [5.74, 6) is -0.344. The van der Waals surface area contributed by atoms with E-state index in [1.807, 2.05) is 23.1 Å². The number of carboxylic acids is 1. The van der Waals surface area contributed by atoms with Gasteiger partial charge in [0.05, 0.1) is 23.8 Å². The van der Waals surface area contributed by atoms with Gasteiger partial charge in [-0.1, -0.05) is 17.7 Å². The van der Waals surface area contributed by atoms with Gasteiger partial charge in [-0.15, -0.1) is 0 Å². The Morgan fingerprint density at radius 3 is 2.72 bits per heavy atom. The molecule has 0 bridgehead atoms. The second kappa shape index (κ2) is 7.78. The van der Waals surface area contributed by atoms with Crippen molar-refractivity contribution in [3.8, 4) is 5.75 Å². The predicted molar refractivity (Wildman–Crippen MR) is 119 cm³/mol. The molecule has 4 atom stereocenters. The third-order valence-electron chi connectivity index (χ3n) is 7.06. The first-order chi connectivity index (χ1) is 15.2. The lowest BCUT2D eigenvalue weighted by atomic mass is 9.72. The summed E-state index contributed by atoms with van der Waals surface area (Å²) in [5, 5.41) is 9.96. The van der Waals surface area contributed by atoms with E-state index in [2.05, 4.69) is 13.8 Å². The maximum absolute atomic E-state index is 13.4.